The van der Waals surface area contributed by atoms with Gasteiger partial charge in [0, 0.05) is 0 Å². The van der Waals surface area contributed by atoms with E-state index in [1.54, 1.807) is 0 Å². The van der Waals surface area contributed by atoms with E-state index in [1.165, 1.54) is 0 Å². The normalized spacial score (nSPS) is 3.20. The molecule has 0 spiro atoms. The summed E-state index contributed by atoms with van der Waals surface area (Å²) in [4.78, 5) is 0. The minimum absolute atomic E-state index is 0.931. The van der Waals surface area contributed by atoms with Crippen LogP contribution in [0.5, 0.6) is 0 Å². The van der Waals surface area contributed by atoms with E-state index in [1.807, 2.05) is 0 Å². The molecule has 0 heterocycles. The third-order valence-electron chi connectivity index (χ3n) is 0. The van der Waals surface area contributed by atoms with Gasteiger partial charge in [-0.1, -0.05) is 0 Å². The van der Waals surface area contributed by atoms with Crippen LogP contribution in [0.4, 0.5) is 0 Å². The molecular weight excluding hydrogens is 164 g/mol. The van der Waals surface area contributed by atoms with Gasteiger partial charge in [0.05, 0.1) is 0 Å². The van der Waals surface area contributed by atoms with Crippen molar-refractivity contribution in [1.29, 1.82) is 0 Å². The Morgan fingerprint density at radius 3 is 1.20 bits per heavy atom. The summed E-state index contributed by atoms with van der Waals surface area (Å²) in [7, 11) is 9.90. The summed E-state index contributed by atoms with van der Waals surface area (Å²) < 4.78 is 0. The van der Waals surface area contributed by atoms with Crippen molar-refractivity contribution in [2.45, 2.75) is 0 Å². The number of nitrogens with two attached hydrogens (primary N) is 2. The van der Waals surface area contributed by atoms with Crippen molar-refractivity contribution in [2.24, 2.45) is 11.7 Å². The van der Waals surface area contributed by atoms with Gasteiger partial charge in [0.25, 0.3) is 0 Å². The molecule has 0 rings (SSSR count). The topological polar surface area (TPSA) is 52.0 Å². The number of hydrogen-bond donors (Lipinski definition) is 2. The Morgan fingerprint density at radius 1 is 1.20 bits per heavy atom. The zero-order valence-corrected chi connectivity index (χ0v) is 7.10. The molecule has 4 N–H and O–H groups in total. The van der Waals surface area contributed by atoms with Crippen LogP contribution in [0.3, 0.4) is 0 Å². The third-order valence-corrected chi connectivity index (χ3v) is 0. The first-order valence-electron chi connectivity index (χ1n) is 0.868. The fourth-order valence-electron chi connectivity index (χ4n) is 0. The van der Waals surface area contributed by atoms with E-state index in [4.69, 9.17) is 19.4 Å². The third kappa shape index (κ3) is 39.6. The van der Waals surface area contributed by atoms with E-state index in [9.17, 15) is 0 Å². The monoisotopic (exact) mass is 166 g/mol. The first-order valence-corrected chi connectivity index (χ1v) is 8.67. The average Bonchev–Trinajstić information content (AvgIpc) is 1.46. The van der Waals surface area contributed by atoms with E-state index in [-0.39, 0.29) is 0 Å². The number of hydrazine groups is 1. The SMILES string of the molecule is NN.[Cl][Zn][Cl]. The summed E-state index contributed by atoms with van der Waals surface area (Å²) in [6.45, 7) is 0. The summed E-state index contributed by atoms with van der Waals surface area (Å²) >= 11 is -0.931. The van der Waals surface area contributed by atoms with Crippen molar-refractivity contribution in [3.8, 4) is 0 Å². The van der Waals surface area contributed by atoms with Crippen LogP contribution >= 0.6 is 19.4 Å². The maximum atomic E-state index is 4.95. The maximum absolute atomic E-state index is 4.95. The Balaban J connectivity index is 0. The molecule has 0 aliphatic heterocycles. The molecule has 0 aliphatic carbocycles. The zero-order valence-electron chi connectivity index (χ0n) is 2.62. The standard InChI is InChI=1S/2ClH.H4N2.Zn/c;;1-2;/h2*1H;1-2H2;/q;;;+2/p-2. The summed E-state index contributed by atoms with van der Waals surface area (Å²) in [5.74, 6) is 8.00. The van der Waals surface area contributed by atoms with Crippen LogP contribution in [-0.2, 0) is 15.1 Å². The van der Waals surface area contributed by atoms with Crippen LogP contribution in [0, 0.1) is 0 Å². The Morgan fingerprint density at radius 2 is 1.20 bits per heavy atom. The molecule has 0 saturated carbocycles. The Bertz CT molecular complexity index is 7.61. The number of halogens is 2. The van der Waals surface area contributed by atoms with E-state index >= 15 is 0 Å². The predicted molar refractivity (Wildman–Crippen MR) is 20.1 cm³/mol. The Hall–Kier alpha value is 1.12. The van der Waals surface area contributed by atoms with Gasteiger partial charge < -0.3 is 0 Å². The van der Waals surface area contributed by atoms with Crippen molar-refractivity contribution in [3.63, 3.8) is 0 Å². The van der Waals surface area contributed by atoms with Crippen LogP contribution < -0.4 is 11.7 Å². The molecule has 0 unspecified atom stereocenters. The van der Waals surface area contributed by atoms with Crippen LogP contribution in [-0.4, -0.2) is 0 Å². The summed E-state index contributed by atoms with van der Waals surface area (Å²) in [5, 5.41) is 0. The molecule has 0 fully saturated rings. The van der Waals surface area contributed by atoms with Crippen molar-refractivity contribution < 1.29 is 15.1 Å². The van der Waals surface area contributed by atoms with Gasteiger partial charge in [0.1, 0.15) is 0 Å². The molecule has 5 heteroatoms. The van der Waals surface area contributed by atoms with Gasteiger partial charge in [-0.25, -0.2) is 0 Å². The van der Waals surface area contributed by atoms with Crippen molar-refractivity contribution in [2.75, 3.05) is 0 Å². The number of rotatable bonds is 0. The molecule has 0 aromatic carbocycles. The van der Waals surface area contributed by atoms with Gasteiger partial charge >= 0.3 is 34.5 Å². The van der Waals surface area contributed by atoms with Crippen molar-refractivity contribution in [3.05, 3.63) is 0 Å². The first kappa shape index (κ1) is 9.45. The van der Waals surface area contributed by atoms with E-state index in [0.29, 0.717) is 0 Å². The van der Waals surface area contributed by atoms with Gasteiger partial charge in [0.2, 0.25) is 0 Å². The van der Waals surface area contributed by atoms with Crippen molar-refractivity contribution in [1.82, 2.24) is 0 Å². The van der Waals surface area contributed by atoms with Gasteiger partial charge in [0.15, 0.2) is 0 Å². The average molecular weight is 168 g/mol. The fraction of sp³-hybridized carbons (Fsp3) is 0. The van der Waals surface area contributed by atoms with Crippen LogP contribution in [0.25, 0.3) is 0 Å². The zero-order chi connectivity index (χ0) is 4.71. The van der Waals surface area contributed by atoms with E-state index in [2.05, 4.69) is 11.7 Å². The summed E-state index contributed by atoms with van der Waals surface area (Å²) in [6.07, 6.45) is 0. The van der Waals surface area contributed by atoms with Gasteiger partial charge in [-0.15, -0.1) is 0 Å². The fourth-order valence-corrected chi connectivity index (χ4v) is 0. The van der Waals surface area contributed by atoms with Crippen LogP contribution in [0.1, 0.15) is 0 Å². The second-order valence-electron chi connectivity index (χ2n) is 0.101. The molecule has 0 saturated heterocycles. The van der Waals surface area contributed by atoms with Crippen LogP contribution in [0.15, 0.2) is 0 Å². The molecule has 5 heavy (non-hydrogen) atoms. The molecular formula is H4Cl2N2Zn. The first-order chi connectivity index (χ1) is 2.41. The van der Waals surface area contributed by atoms with Crippen LogP contribution in [0.2, 0.25) is 0 Å². The molecule has 0 aliphatic rings. The molecule has 0 aromatic rings. The molecule has 2 nitrogen and oxygen atoms in total. The second kappa shape index (κ2) is 19.3. The quantitative estimate of drug-likeness (QED) is 0.308. The Labute approximate surface area is 46.4 Å². The minimum atomic E-state index is -0.931. The molecule has 0 aromatic heterocycles. The van der Waals surface area contributed by atoms with E-state index < -0.39 is 15.1 Å². The summed E-state index contributed by atoms with van der Waals surface area (Å²) in [6, 6.07) is 0. The van der Waals surface area contributed by atoms with E-state index in [0.717, 1.165) is 0 Å². The van der Waals surface area contributed by atoms with Crippen molar-refractivity contribution >= 4 is 19.4 Å². The second-order valence-corrected chi connectivity index (χ2v) is 4.72. The molecule has 0 amide bonds. The van der Waals surface area contributed by atoms with Gasteiger partial charge in [-0.3, -0.25) is 11.7 Å². The molecule has 0 radical (unpaired) electrons. The summed E-state index contributed by atoms with van der Waals surface area (Å²) in [5.41, 5.74) is 0. The molecule has 0 bridgehead atoms. The predicted octanol–water partition coefficient (Wildman–Crippen LogP) is 0.195. The van der Waals surface area contributed by atoms with Gasteiger partial charge in [-0.05, 0) is 0 Å². The molecule has 30 valence electrons. The number of hydrogen-bond acceptors (Lipinski definition) is 2. The van der Waals surface area contributed by atoms with Gasteiger partial charge in [-0.2, -0.15) is 0 Å². The Kier molecular flexibility index (Phi) is 36.5. The molecule has 0 atom stereocenters.